The third-order valence-corrected chi connectivity index (χ3v) is 10.6. The second-order valence-electron chi connectivity index (χ2n) is 3.44. The first kappa shape index (κ1) is 60.8. The Balaban J connectivity index is -0.0000000645. The first-order chi connectivity index (χ1) is 8.25. The summed E-state index contributed by atoms with van der Waals surface area (Å²) >= 11 is 0. The summed E-state index contributed by atoms with van der Waals surface area (Å²) in [6.07, 6.45) is 0. The van der Waals surface area contributed by atoms with Gasteiger partial charge in [-0.1, -0.05) is 0 Å². The van der Waals surface area contributed by atoms with E-state index >= 15 is 0 Å². The van der Waals surface area contributed by atoms with Crippen LogP contribution in [0.25, 0.3) is 0 Å². The third kappa shape index (κ3) is 13.5. The Bertz CT molecular complexity index is 500. The zero-order valence-electron chi connectivity index (χ0n) is 16.8. The Morgan fingerprint density at radius 1 is 0.393 bits per heavy atom. The monoisotopic (exact) mass is 556 g/mol. The molecule has 0 bridgehead atoms. The average Bonchev–Trinajstić information content (AvgIpc) is 2.07. The molecule has 0 aromatic heterocycles. The van der Waals surface area contributed by atoms with Crippen molar-refractivity contribution in [2.24, 2.45) is 11.5 Å². The maximum atomic E-state index is 10.7. The molecule has 0 aliphatic rings. The fourth-order valence-electron chi connectivity index (χ4n) is 1.11. The van der Waals surface area contributed by atoms with Gasteiger partial charge in [-0.3, -0.25) is 0 Å². The van der Waals surface area contributed by atoms with Crippen molar-refractivity contribution >= 4 is 30.4 Å². The molecule has 4 N–H and O–H groups in total. The van der Waals surface area contributed by atoms with Crippen LogP contribution in [-0.4, -0.2) is 10.0 Å². The summed E-state index contributed by atoms with van der Waals surface area (Å²) in [5.41, 5.74) is 8.51. The van der Waals surface area contributed by atoms with Crippen LogP contribution in [0.3, 0.4) is 0 Å². The number of hydrogen-bond acceptors (Lipinski definition) is 14. The van der Waals surface area contributed by atoms with Gasteiger partial charge in [0.15, 0.2) is 0 Å². The second-order valence-corrected chi connectivity index (χ2v) is 10.9. The van der Waals surface area contributed by atoms with Gasteiger partial charge in [0.1, 0.15) is 0 Å². The van der Waals surface area contributed by atoms with E-state index in [2.05, 4.69) is 11.5 Å². The molecular weight excluding hydrogens is 552 g/mol. The standard InChI is InChI=1S/C2H12N2O12P4.8Na/c3-1(17(5,6)7,18(8,9)10)2(4,19(11,12)13)20(14,15)16;;;;;;;;/h3-4H2,(H2,5,6,7)(H2,8,9,10)(H2,11,12,13)(H2,14,15,16);;;;;;;;/q;8*+1/p-8. The third-order valence-electron chi connectivity index (χ3n) is 2.21. The molecule has 0 spiro atoms. The van der Waals surface area contributed by atoms with Gasteiger partial charge < -0.3 is 68.9 Å². The van der Waals surface area contributed by atoms with Gasteiger partial charge in [-0.2, -0.15) is 0 Å². The van der Waals surface area contributed by atoms with Crippen molar-refractivity contribution < 1.29 is 294 Å². The fourth-order valence-corrected chi connectivity index (χ4v) is 8.06. The molecule has 0 saturated carbocycles. The number of hydrogen-bond donors (Lipinski definition) is 2. The molecule has 0 heterocycles. The summed E-state index contributed by atoms with van der Waals surface area (Å²) in [5.74, 6) is 0. The molecular formula is C2H4N2Na8O12P4. The molecule has 26 heteroatoms. The second kappa shape index (κ2) is 21.4. The van der Waals surface area contributed by atoms with Gasteiger partial charge in [-0.25, -0.2) is 0 Å². The van der Waals surface area contributed by atoms with Crippen molar-refractivity contribution in [3.63, 3.8) is 0 Å². The summed E-state index contributed by atoms with van der Waals surface area (Å²) < 4.78 is 42.9. The van der Waals surface area contributed by atoms with E-state index in [9.17, 15) is 57.4 Å². The molecule has 0 amide bonds. The quantitative estimate of drug-likeness (QED) is 0.235. The molecule has 0 radical (unpaired) electrons. The van der Waals surface area contributed by atoms with E-state index in [1.54, 1.807) is 0 Å². The van der Waals surface area contributed by atoms with E-state index in [4.69, 9.17) is 0 Å². The van der Waals surface area contributed by atoms with Gasteiger partial charge in [0.2, 0.25) is 0 Å². The molecule has 0 aromatic carbocycles. The molecule has 0 aromatic rings. The van der Waals surface area contributed by atoms with E-state index in [0.717, 1.165) is 0 Å². The normalized spacial score (nSPS) is 11.6. The molecule has 28 heavy (non-hydrogen) atoms. The SMILES string of the molecule is NC(C(N)(P(=O)([O-])[O-])P(=O)([O-])[O-])(P(=O)([O-])[O-])P(=O)([O-])[O-].[Na+].[Na+].[Na+].[Na+].[Na+].[Na+].[Na+].[Na+]. The summed E-state index contributed by atoms with van der Waals surface area (Å²) in [6.45, 7) is 0. The molecule has 0 saturated heterocycles. The first-order valence-corrected chi connectivity index (χ1v) is 10.1. The summed E-state index contributed by atoms with van der Waals surface area (Å²) in [6, 6.07) is 0. The van der Waals surface area contributed by atoms with Gasteiger partial charge in [-0.15, -0.1) is 0 Å². The molecule has 0 fully saturated rings. The van der Waals surface area contributed by atoms with E-state index in [1.165, 1.54) is 0 Å². The summed E-state index contributed by atoms with van der Waals surface area (Å²) in [5, 5.41) is -10.8. The summed E-state index contributed by atoms with van der Waals surface area (Å²) in [7, 11) is -28.8. The van der Waals surface area contributed by atoms with Crippen LogP contribution in [0.5, 0.6) is 0 Å². The zero-order valence-corrected chi connectivity index (χ0v) is 36.4. The van der Waals surface area contributed by atoms with Crippen LogP contribution in [0, 0.1) is 0 Å². The van der Waals surface area contributed by atoms with E-state index in [1.807, 2.05) is 0 Å². The Labute approximate surface area is 337 Å². The van der Waals surface area contributed by atoms with Crippen molar-refractivity contribution in [3.05, 3.63) is 0 Å². The topological polar surface area (TPSA) is 305 Å². The maximum absolute atomic E-state index is 10.7. The Kier molecular flexibility index (Phi) is 46.4. The minimum atomic E-state index is -7.20. The van der Waals surface area contributed by atoms with Gasteiger partial charge in [0.05, 0.1) is 10.0 Å². The molecule has 0 unspecified atom stereocenters. The van der Waals surface area contributed by atoms with Crippen molar-refractivity contribution in [3.8, 4) is 0 Å². The largest absolute Gasteiger partial charge is 1.00 e. The summed E-state index contributed by atoms with van der Waals surface area (Å²) in [4.78, 5) is 85.9. The zero-order chi connectivity index (χ0) is 17.0. The predicted molar refractivity (Wildman–Crippen MR) is 44.3 cm³/mol. The smallest absolute Gasteiger partial charge is 0.809 e. The molecule has 0 rings (SSSR count). The molecule has 0 atom stereocenters. The van der Waals surface area contributed by atoms with Crippen LogP contribution in [0.1, 0.15) is 0 Å². The van der Waals surface area contributed by atoms with Crippen molar-refractivity contribution in [1.82, 2.24) is 0 Å². The van der Waals surface area contributed by atoms with Gasteiger partial charge in [0, 0.05) is 0 Å². The Morgan fingerprint density at radius 2 is 0.464 bits per heavy atom. The Morgan fingerprint density at radius 3 is 0.500 bits per heavy atom. The number of nitrogens with two attached hydrogens (primary N) is 2. The number of rotatable bonds is 5. The first-order valence-electron chi connectivity index (χ1n) is 3.91. The minimum Gasteiger partial charge on any atom is -0.809 e. The molecule has 14 nitrogen and oxygen atoms in total. The molecule has 122 valence electrons. The molecule has 0 aliphatic carbocycles. The van der Waals surface area contributed by atoms with Gasteiger partial charge in [-0.05, 0) is 30.4 Å². The van der Waals surface area contributed by atoms with Crippen molar-refractivity contribution in [1.29, 1.82) is 0 Å². The van der Waals surface area contributed by atoms with Gasteiger partial charge in [0.25, 0.3) is 0 Å². The van der Waals surface area contributed by atoms with Crippen LogP contribution in [-0.2, 0) is 18.3 Å². The van der Waals surface area contributed by atoms with Crippen molar-refractivity contribution in [2.45, 2.75) is 10.0 Å². The van der Waals surface area contributed by atoms with Crippen LogP contribution in [0.15, 0.2) is 0 Å². The minimum absolute atomic E-state index is 0. The maximum Gasteiger partial charge on any atom is 1.00 e. The van der Waals surface area contributed by atoms with Crippen LogP contribution >= 0.6 is 30.4 Å². The van der Waals surface area contributed by atoms with Crippen LogP contribution in [0.2, 0.25) is 0 Å². The van der Waals surface area contributed by atoms with Gasteiger partial charge >= 0.3 is 236 Å². The van der Waals surface area contributed by atoms with E-state index < -0.39 is 40.4 Å². The van der Waals surface area contributed by atoms with E-state index in [-0.39, 0.29) is 236 Å². The van der Waals surface area contributed by atoms with E-state index in [0.29, 0.717) is 0 Å². The van der Waals surface area contributed by atoms with Crippen molar-refractivity contribution in [2.75, 3.05) is 0 Å². The predicted octanol–water partition coefficient (Wildman–Crippen LogP) is -32.1. The average molecular weight is 556 g/mol. The fraction of sp³-hybridized carbons (Fsp3) is 1.00. The Hall–Kier alpha value is 8.52. The van der Waals surface area contributed by atoms with Crippen LogP contribution < -0.4 is 287 Å². The molecule has 0 aliphatic heterocycles. The van der Waals surface area contributed by atoms with Crippen LogP contribution in [0.4, 0.5) is 0 Å².